The van der Waals surface area contributed by atoms with E-state index in [0.29, 0.717) is 36.6 Å². The van der Waals surface area contributed by atoms with Gasteiger partial charge in [0.15, 0.2) is 5.76 Å². The van der Waals surface area contributed by atoms with E-state index in [4.69, 9.17) is 14.0 Å². The number of aromatic nitrogens is 2. The first-order chi connectivity index (χ1) is 18.6. The molecule has 0 unspecified atom stereocenters. The Morgan fingerprint density at radius 2 is 1.79 bits per heavy atom. The zero-order valence-corrected chi connectivity index (χ0v) is 21.7. The number of anilines is 2. The minimum atomic E-state index is -0.489. The largest absolute Gasteiger partial charge is 0.477 e. The van der Waals surface area contributed by atoms with Gasteiger partial charge in [-0.2, -0.15) is 4.98 Å². The van der Waals surface area contributed by atoms with Crippen molar-refractivity contribution in [2.75, 3.05) is 18.5 Å². The second kappa shape index (κ2) is 9.97. The van der Waals surface area contributed by atoms with Crippen LogP contribution < -0.4 is 10.1 Å². The Morgan fingerprint density at radius 3 is 2.50 bits per heavy atom. The van der Waals surface area contributed by atoms with Crippen molar-refractivity contribution in [1.29, 1.82) is 0 Å². The highest BCUT2D eigenvalue weighted by Crippen LogP contribution is 2.49. The molecule has 0 amide bonds. The van der Waals surface area contributed by atoms with Gasteiger partial charge in [0.25, 0.3) is 0 Å². The maximum absolute atomic E-state index is 12.5. The van der Waals surface area contributed by atoms with E-state index in [1.54, 1.807) is 0 Å². The van der Waals surface area contributed by atoms with Crippen molar-refractivity contribution in [2.45, 2.75) is 44.9 Å². The molecule has 2 aromatic carbocycles. The number of esters is 1. The Bertz CT molecular complexity index is 1450. The summed E-state index contributed by atoms with van der Waals surface area (Å²) < 4.78 is 17.0. The molecule has 2 aliphatic rings. The van der Waals surface area contributed by atoms with Gasteiger partial charge in [0, 0.05) is 11.6 Å². The fourth-order valence-corrected chi connectivity index (χ4v) is 4.79. The second-order valence-electron chi connectivity index (χ2n) is 10.1. The smallest absolute Gasteiger partial charge is 0.316 e. The molecule has 6 rings (SSSR count). The molecule has 1 N–H and O–H groups in total. The summed E-state index contributed by atoms with van der Waals surface area (Å²) in [4.78, 5) is 17.2. The molecule has 0 saturated heterocycles. The third kappa shape index (κ3) is 4.76. The van der Waals surface area contributed by atoms with Gasteiger partial charge in [0.05, 0.1) is 18.6 Å². The van der Waals surface area contributed by atoms with Crippen LogP contribution in [0.3, 0.4) is 0 Å². The zero-order chi connectivity index (χ0) is 26.1. The topological polar surface area (TPSA) is 86.5 Å². The fraction of sp³-hybridized carbons (Fsp3) is 0.323. The average molecular weight is 510 g/mol. The minimum absolute atomic E-state index is 0.128. The Labute approximate surface area is 222 Å². The molecule has 2 saturated carbocycles. The molecule has 7 heteroatoms. The van der Waals surface area contributed by atoms with Crippen LogP contribution in [0.2, 0.25) is 0 Å². The van der Waals surface area contributed by atoms with Crippen molar-refractivity contribution in [3.05, 3.63) is 78.0 Å². The highest BCUT2D eigenvalue weighted by atomic mass is 16.5. The normalized spacial score (nSPS) is 15.6. The quantitative estimate of drug-likeness (QED) is 0.234. The SMILES string of the molecule is CCOC(=O)C1(c2ccc(-c3ccccc3-c3onc(C)c3Nc3cccc(OCC4CC4)n3)cc2)CC1. The van der Waals surface area contributed by atoms with Crippen LogP contribution in [0.1, 0.15) is 43.9 Å². The maximum Gasteiger partial charge on any atom is 0.316 e. The number of nitrogens with zero attached hydrogens (tertiary/aromatic N) is 2. The van der Waals surface area contributed by atoms with Gasteiger partial charge in [-0.25, -0.2) is 0 Å². The van der Waals surface area contributed by atoms with Crippen LogP contribution in [0.5, 0.6) is 5.88 Å². The summed E-state index contributed by atoms with van der Waals surface area (Å²) in [7, 11) is 0. The molecule has 0 bridgehead atoms. The predicted octanol–water partition coefficient (Wildman–Crippen LogP) is 6.84. The van der Waals surface area contributed by atoms with E-state index < -0.39 is 5.41 Å². The minimum Gasteiger partial charge on any atom is -0.477 e. The molecular weight excluding hydrogens is 478 g/mol. The van der Waals surface area contributed by atoms with Crippen LogP contribution in [-0.4, -0.2) is 29.3 Å². The number of carbonyl (C=O) groups excluding carboxylic acids is 1. The molecule has 0 spiro atoms. The van der Waals surface area contributed by atoms with Crippen LogP contribution in [0.25, 0.3) is 22.5 Å². The van der Waals surface area contributed by atoms with E-state index in [1.165, 1.54) is 12.8 Å². The number of hydrogen-bond acceptors (Lipinski definition) is 7. The molecule has 4 aromatic rings. The summed E-state index contributed by atoms with van der Waals surface area (Å²) in [6.07, 6.45) is 4.12. The fourth-order valence-electron chi connectivity index (χ4n) is 4.79. The Kier molecular flexibility index (Phi) is 6.35. The van der Waals surface area contributed by atoms with Crippen LogP contribution >= 0.6 is 0 Å². The van der Waals surface area contributed by atoms with Crippen LogP contribution in [0.15, 0.2) is 71.3 Å². The molecule has 0 atom stereocenters. The molecule has 7 nitrogen and oxygen atoms in total. The Balaban J connectivity index is 1.28. The summed E-state index contributed by atoms with van der Waals surface area (Å²) in [5.41, 5.74) is 4.96. The molecule has 194 valence electrons. The highest BCUT2D eigenvalue weighted by molar-refractivity contribution is 5.89. The lowest BCUT2D eigenvalue weighted by atomic mass is 9.92. The van der Waals surface area contributed by atoms with E-state index in [2.05, 4.69) is 33.7 Å². The first-order valence-corrected chi connectivity index (χ1v) is 13.3. The monoisotopic (exact) mass is 509 g/mol. The van der Waals surface area contributed by atoms with Crippen LogP contribution in [-0.2, 0) is 14.9 Å². The molecule has 2 aromatic heterocycles. The van der Waals surface area contributed by atoms with Crippen LogP contribution in [0, 0.1) is 12.8 Å². The predicted molar refractivity (Wildman–Crippen MR) is 145 cm³/mol. The number of rotatable bonds is 10. The molecule has 38 heavy (non-hydrogen) atoms. The van der Waals surface area contributed by atoms with Crippen molar-refractivity contribution < 1.29 is 18.8 Å². The average Bonchev–Trinajstić information content (AvgIpc) is 3.88. The third-order valence-electron chi connectivity index (χ3n) is 7.34. The number of pyridine rings is 1. The standard InChI is InChI=1S/C31H31N3O4/c1-3-36-30(35)31(17-18-31)23-15-13-22(14-16-23)24-7-4-5-8-25(24)29-28(20(2)34-38-29)33-26-9-6-10-27(32-26)37-19-21-11-12-21/h4-10,13-16,21H,3,11-12,17-19H2,1-2H3,(H,32,33). The molecule has 0 aliphatic heterocycles. The first-order valence-electron chi connectivity index (χ1n) is 13.3. The summed E-state index contributed by atoms with van der Waals surface area (Å²) in [5, 5.41) is 7.66. The molecule has 2 fully saturated rings. The Morgan fingerprint density at radius 1 is 1.03 bits per heavy atom. The van der Waals surface area contributed by atoms with Gasteiger partial charge in [0.2, 0.25) is 5.88 Å². The molecular formula is C31H31N3O4. The molecule has 2 heterocycles. The van der Waals surface area contributed by atoms with Gasteiger partial charge in [-0.3, -0.25) is 4.79 Å². The number of carbonyl (C=O) groups is 1. The second-order valence-corrected chi connectivity index (χ2v) is 10.1. The molecule has 2 aliphatic carbocycles. The van der Waals surface area contributed by atoms with E-state index >= 15 is 0 Å². The van der Waals surface area contributed by atoms with Gasteiger partial charge in [-0.15, -0.1) is 0 Å². The van der Waals surface area contributed by atoms with Crippen molar-refractivity contribution in [3.8, 4) is 28.3 Å². The number of benzene rings is 2. The number of aryl methyl sites for hydroxylation is 1. The van der Waals surface area contributed by atoms with Crippen molar-refractivity contribution in [2.24, 2.45) is 5.92 Å². The van der Waals surface area contributed by atoms with Gasteiger partial charge in [0.1, 0.15) is 17.2 Å². The van der Waals surface area contributed by atoms with Gasteiger partial charge in [-0.05, 0) is 68.2 Å². The van der Waals surface area contributed by atoms with Crippen molar-refractivity contribution in [1.82, 2.24) is 10.1 Å². The van der Waals surface area contributed by atoms with Gasteiger partial charge < -0.3 is 19.3 Å². The van der Waals surface area contributed by atoms with Crippen molar-refractivity contribution in [3.63, 3.8) is 0 Å². The number of ether oxygens (including phenoxy) is 2. The molecule has 0 radical (unpaired) electrons. The van der Waals surface area contributed by atoms with Crippen molar-refractivity contribution >= 4 is 17.5 Å². The number of nitrogens with one attached hydrogen (secondary N) is 1. The zero-order valence-electron chi connectivity index (χ0n) is 21.7. The van der Waals surface area contributed by atoms with E-state index in [0.717, 1.165) is 46.5 Å². The van der Waals surface area contributed by atoms with E-state index in [9.17, 15) is 4.79 Å². The first kappa shape index (κ1) is 24.2. The Hall–Kier alpha value is -4.13. The van der Waals surface area contributed by atoms with Gasteiger partial charge >= 0.3 is 5.97 Å². The highest BCUT2D eigenvalue weighted by Gasteiger charge is 2.52. The third-order valence-corrected chi connectivity index (χ3v) is 7.34. The summed E-state index contributed by atoms with van der Waals surface area (Å²) in [5.74, 6) is 2.44. The lowest BCUT2D eigenvalue weighted by molar-refractivity contribution is -0.146. The lowest BCUT2D eigenvalue weighted by Crippen LogP contribution is -2.23. The number of hydrogen-bond donors (Lipinski definition) is 1. The maximum atomic E-state index is 12.5. The summed E-state index contributed by atoms with van der Waals surface area (Å²) >= 11 is 0. The summed E-state index contributed by atoms with van der Waals surface area (Å²) in [6.45, 7) is 4.86. The lowest BCUT2D eigenvalue weighted by Gasteiger charge is -2.15. The van der Waals surface area contributed by atoms with E-state index in [-0.39, 0.29) is 5.97 Å². The summed E-state index contributed by atoms with van der Waals surface area (Å²) in [6, 6.07) is 22.0. The van der Waals surface area contributed by atoms with E-state index in [1.807, 2.05) is 62.4 Å². The van der Waals surface area contributed by atoms with Gasteiger partial charge in [-0.1, -0.05) is 59.8 Å². The van der Waals surface area contributed by atoms with Crippen LogP contribution in [0.4, 0.5) is 11.5 Å².